The predicted molar refractivity (Wildman–Crippen MR) is 226 cm³/mol. The zero-order valence-corrected chi connectivity index (χ0v) is 35.2. The standard InChI is InChI=1S/C46H53N7O4S/c1-28-32(20-48-53(28)27-44-25-43(6)22-42(5)23-45(26-44,56-19-17-47)46(43,44)24-42)30-14-15-36(50-37(30)39(55)57-41(2,3)4)52-18-16-29-10-9-11-31(33(29)21-52)38(54)51-40-49-34-12-7-8-13-35(34)58-40/h7-15,20H,16-19,21-27,47H2,1-6H3,(H,49,51,54). The molecule has 3 aromatic heterocycles. The molecule has 302 valence electrons. The molecule has 12 heteroatoms. The number of esters is 1. The zero-order valence-electron chi connectivity index (χ0n) is 34.4. The number of hydrogen-bond acceptors (Lipinski definition) is 10. The Balaban J connectivity index is 0.942. The third kappa shape index (κ3) is 5.39. The van der Waals surface area contributed by atoms with Crippen LogP contribution < -0.4 is 16.0 Å². The summed E-state index contributed by atoms with van der Waals surface area (Å²) in [5.74, 6) is -0.0180. The molecule has 10 rings (SSSR count). The average molecular weight is 800 g/mol. The number of nitrogens with one attached hydrogen (secondary N) is 1. The number of aromatic nitrogens is 4. The maximum absolute atomic E-state index is 14.1. The molecule has 11 nitrogen and oxygen atoms in total. The van der Waals surface area contributed by atoms with Crippen LogP contribution in [-0.4, -0.2) is 62.5 Å². The summed E-state index contributed by atoms with van der Waals surface area (Å²) in [7, 11) is 0. The number of rotatable bonds is 10. The monoisotopic (exact) mass is 799 g/mol. The Morgan fingerprint density at radius 3 is 2.57 bits per heavy atom. The van der Waals surface area contributed by atoms with Gasteiger partial charge >= 0.3 is 5.97 Å². The smallest absolute Gasteiger partial charge is 0.358 e. The van der Waals surface area contributed by atoms with Crippen molar-refractivity contribution < 1.29 is 19.1 Å². The van der Waals surface area contributed by atoms with E-state index >= 15 is 0 Å². The fraction of sp³-hybridized carbons (Fsp3) is 0.500. The van der Waals surface area contributed by atoms with Gasteiger partial charge in [0.25, 0.3) is 5.91 Å². The molecular weight excluding hydrogens is 747 g/mol. The fourth-order valence-electron chi connectivity index (χ4n) is 13.2. The number of nitrogens with two attached hydrogens (primary N) is 1. The third-order valence-corrected chi connectivity index (χ3v) is 15.4. The third-order valence-electron chi connectivity index (χ3n) is 14.5. The lowest BCUT2D eigenvalue weighted by Crippen LogP contribution is -2.83. The summed E-state index contributed by atoms with van der Waals surface area (Å²) in [6.07, 6.45) is 8.44. The minimum Gasteiger partial charge on any atom is -0.455 e. The van der Waals surface area contributed by atoms with Crippen molar-refractivity contribution in [2.75, 3.05) is 29.9 Å². The molecular formula is C46H53N7O4S. The van der Waals surface area contributed by atoms with Gasteiger partial charge in [0, 0.05) is 59.4 Å². The molecule has 5 aliphatic rings. The van der Waals surface area contributed by atoms with Gasteiger partial charge in [-0.15, -0.1) is 0 Å². The Hall–Kier alpha value is -4.65. The minimum atomic E-state index is -0.712. The lowest BCUT2D eigenvalue weighted by atomic mass is 9.23. The predicted octanol–water partition coefficient (Wildman–Crippen LogP) is 8.34. The molecule has 58 heavy (non-hydrogen) atoms. The second kappa shape index (κ2) is 12.7. The molecule has 1 amide bonds. The Morgan fingerprint density at radius 2 is 1.79 bits per heavy atom. The number of hydrogen-bond donors (Lipinski definition) is 2. The quantitative estimate of drug-likeness (QED) is 0.134. The highest BCUT2D eigenvalue weighted by Gasteiger charge is 2.93. The molecule has 4 fully saturated rings. The van der Waals surface area contributed by atoms with Gasteiger partial charge in [-0.05, 0) is 119 Å². The molecule has 2 bridgehead atoms. The van der Waals surface area contributed by atoms with E-state index in [0.717, 1.165) is 58.4 Å². The van der Waals surface area contributed by atoms with Crippen LogP contribution in [0.3, 0.4) is 0 Å². The van der Waals surface area contributed by atoms with Crippen LogP contribution in [0.5, 0.6) is 0 Å². The molecule has 1 aliphatic heterocycles. The Bertz CT molecular complexity index is 2490. The van der Waals surface area contributed by atoms with Gasteiger partial charge in [0.2, 0.25) is 0 Å². The van der Waals surface area contributed by atoms with Crippen LogP contribution in [-0.2, 0) is 29.0 Å². The van der Waals surface area contributed by atoms with Crippen molar-refractivity contribution in [2.45, 2.75) is 104 Å². The van der Waals surface area contributed by atoms with Crippen LogP contribution in [0.2, 0.25) is 0 Å². The number of amides is 1. The summed E-state index contributed by atoms with van der Waals surface area (Å²) in [5.41, 5.74) is 12.4. The molecule has 4 aliphatic carbocycles. The number of pyridine rings is 1. The fourth-order valence-corrected chi connectivity index (χ4v) is 14.0. The summed E-state index contributed by atoms with van der Waals surface area (Å²) >= 11 is 1.46. The number of thiazole rings is 1. The topological polar surface area (TPSA) is 137 Å². The van der Waals surface area contributed by atoms with Gasteiger partial charge in [-0.25, -0.2) is 14.8 Å². The lowest BCUT2D eigenvalue weighted by molar-refractivity contribution is -0.397. The number of carbonyl (C=O) groups excluding carboxylic acids is 2. The van der Waals surface area contributed by atoms with E-state index in [4.69, 9.17) is 25.3 Å². The summed E-state index contributed by atoms with van der Waals surface area (Å²) in [4.78, 5) is 39.6. The second-order valence-corrected chi connectivity index (χ2v) is 20.5. The van der Waals surface area contributed by atoms with Crippen LogP contribution in [0.1, 0.15) is 104 Å². The van der Waals surface area contributed by atoms with E-state index in [1.165, 1.54) is 30.6 Å². The molecule has 2 aromatic carbocycles. The van der Waals surface area contributed by atoms with Crippen molar-refractivity contribution >= 4 is 44.4 Å². The first-order chi connectivity index (χ1) is 27.6. The van der Waals surface area contributed by atoms with Crippen LogP contribution in [0.25, 0.3) is 21.3 Å². The molecule has 5 aromatic rings. The van der Waals surface area contributed by atoms with Crippen LogP contribution >= 0.6 is 11.3 Å². The zero-order chi connectivity index (χ0) is 40.5. The Kier molecular flexibility index (Phi) is 8.22. The van der Waals surface area contributed by atoms with Crippen LogP contribution in [0.15, 0.2) is 60.8 Å². The van der Waals surface area contributed by atoms with Crippen molar-refractivity contribution in [3.8, 4) is 11.1 Å². The number of para-hydroxylation sites is 1. The molecule has 0 saturated heterocycles. The number of benzene rings is 2. The minimum absolute atomic E-state index is 0.0875. The van der Waals surface area contributed by atoms with E-state index in [1.807, 2.05) is 75.5 Å². The Morgan fingerprint density at radius 1 is 0.966 bits per heavy atom. The molecule has 4 saturated carbocycles. The molecule has 4 heterocycles. The summed E-state index contributed by atoms with van der Waals surface area (Å²) in [6, 6.07) is 17.7. The van der Waals surface area contributed by atoms with E-state index in [0.29, 0.717) is 53.7 Å². The highest BCUT2D eigenvalue weighted by atomic mass is 32.1. The van der Waals surface area contributed by atoms with Gasteiger partial charge in [-0.3, -0.25) is 14.8 Å². The largest absolute Gasteiger partial charge is 0.455 e. The van der Waals surface area contributed by atoms with Crippen molar-refractivity contribution in [1.29, 1.82) is 0 Å². The van der Waals surface area contributed by atoms with Gasteiger partial charge in [0.1, 0.15) is 11.4 Å². The molecule has 3 N–H and O–H groups in total. The first kappa shape index (κ1) is 37.6. The van der Waals surface area contributed by atoms with Crippen LogP contribution in [0, 0.1) is 28.6 Å². The number of nitrogens with zero attached hydrogens (tertiary/aromatic N) is 5. The van der Waals surface area contributed by atoms with Gasteiger partial charge < -0.3 is 20.1 Å². The maximum Gasteiger partial charge on any atom is 0.358 e. The number of ether oxygens (including phenoxy) is 2. The van der Waals surface area contributed by atoms with E-state index in [1.54, 1.807) is 0 Å². The van der Waals surface area contributed by atoms with Crippen molar-refractivity contribution in [3.05, 3.63) is 88.9 Å². The van der Waals surface area contributed by atoms with E-state index in [9.17, 15) is 9.59 Å². The van der Waals surface area contributed by atoms with Gasteiger partial charge in [-0.2, -0.15) is 5.10 Å². The molecule has 1 spiro atoms. The second-order valence-electron chi connectivity index (χ2n) is 19.5. The van der Waals surface area contributed by atoms with E-state index < -0.39 is 11.6 Å². The van der Waals surface area contributed by atoms with E-state index in [-0.39, 0.29) is 33.4 Å². The SMILES string of the molecule is Cc1c(-c2ccc(N3CCc4cccc(C(=O)Nc5nc6ccccc6s5)c4C3)nc2C(=O)OC(C)(C)C)cnn1CC12CC3(C)CC4(C)CC(OCCN)(C1)C32C4. The summed E-state index contributed by atoms with van der Waals surface area (Å²) in [5, 5.41) is 8.61. The maximum atomic E-state index is 14.1. The molecule has 5 atom stereocenters. The van der Waals surface area contributed by atoms with Crippen LogP contribution in [0.4, 0.5) is 10.9 Å². The van der Waals surface area contributed by atoms with E-state index in [2.05, 4.69) is 46.7 Å². The highest BCUT2D eigenvalue weighted by Crippen LogP contribution is 2.96. The van der Waals surface area contributed by atoms with Gasteiger partial charge in [0.05, 0.1) is 28.6 Å². The van der Waals surface area contributed by atoms with Gasteiger partial charge in [-0.1, -0.05) is 49.4 Å². The first-order valence-corrected chi connectivity index (χ1v) is 21.6. The van der Waals surface area contributed by atoms with Gasteiger partial charge in [0.15, 0.2) is 10.8 Å². The number of carbonyl (C=O) groups is 2. The number of fused-ring (bicyclic) bond motifs is 3. The first-order valence-electron chi connectivity index (χ1n) is 20.7. The van der Waals surface area contributed by atoms with Crippen molar-refractivity contribution in [1.82, 2.24) is 19.7 Å². The normalized spacial score (nSPS) is 29.1. The van der Waals surface area contributed by atoms with Crippen molar-refractivity contribution in [3.63, 3.8) is 0 Å². The Labute approximate surface area is 343 Å². The average Bonchev–Trinajstić information content (AvgIpc) is 3.87. The summed E-state index contributed by atoms with van der Waals surface area (Å²) in [6.45, 7) is 15.8. The van der Waals surface area contributed by atoms with Crippen molar-refractivity contribution in [2.24, 2.45) is 27.4 Å². The highest BCUT2D eigenvalue weighted by molar-refractivity contribution is 7.22. The molecule has 5 unspecified atom stereocenters. The number of anilines is 2. The molecule has 0 radical (unpaired) electrons. The lowest BCUT2D eigenvalue weighted by Gasteiger charge is -2.83. The summed E-state index contributed by atoms with van der Waals surface area (Å²) < 4.78 is 15.9.